The number of alkyl halides is 3. The molecule has 6 nitrogen and oxygen atoms in total. The maximum Gasteiger partial charge on any atom is 0.453 e. The highest BCUT2D eigenvalue weighted by molar-refractivity contribution is 5.49. The maximum absolute atomic E-state index is 13.1. The van der Waals surface area contributed by atoms with Crippen LogP contribution in [0.15, 0.2) is 36.4 Å². The number of hydrogen-bond acceptors (Lipinski definition) is 5. The first-order valence-corrected chi connectivity index (χ1v) is 8.52. The van der Waals surface area contributed by atoms with E-state index in [1.807, 2.05) is 42.2 Å². The summed E-state index contributed by atoms with van der Waals surface area (Å²) >= 11 is 0. The molecule has 2 heterocycles. The zero-order valence-corrected chi connectivity index (χ0v) is 15.0. The van der Waals surface area contributed by atoms with Gasteiger partial charge in [-0.15, -0.1) is 5.10 Å². The van der Waals surface area contributed by atoms with Crippen molar-refractivity contribution in [2.24, 2.45) is 0 Å². The number of fused-ring (bicyclic) bond motifs is 1. The lowest BCUT2D eigenvalue weighted by Crippen LogP contribution is -2.35. The lowest BCUT2D eigenvalue weighted by atomic mass is 10.1. The molecule has 1 atom stereocenters. The van der Waals surface area contributed by atoms with E-state index >= 15 is 0 Å². The van der Waals surface area contributed by atoms with Crippen LogP contribution in [0.2, 0.25) is 0 Å². The number of aliphatic hydroxyl groups excluding tert-OH is 1. The monoisotopic (exact) mass is 379 g/mol. The molecule has 0 amide bonds. The zero-order chi connectivity index (χ0) is 19.6. The Kier molecular flexibility index (Phi) is 5.31. The van der Waals surface area contributed by atoms with Crippen molar-refractivity contribution in [2.45, 2.75) is 39.0 Å². The average molecular weight is 379 g/mol. The highest BCUT2D eigenvalue weighted by Crippen LogP contribution is 2.29. The molecule has 1 N–H and O–H groups in total. The number of benzene rings is 1. The Morgan fingerprint density at radius 1 is 1.19 bits per heavy atom. The van der Waals surface area contributed by atoms with Gasteiger partial charge in [0.1, 0.15) is 5.82 Å². The lowest BCUT2D eigenvalue weighted by molar-refractivity contribution is -0.144. The van der Waals surface area contributed by atoms with E-state index < -0.39 is 12.0 Å². The van der Waals surface area contributed by atoms with Gasteiger partial charge in [-0.25, -0.2) is 4.98 Å². The Bertz CT molecular complexity index is 910. The molecule has 0 aliphatic heterocycles. The van der Waals surface area contributed by atoms with Gasteiger partial charge in [0.05, 0.1) is 0 Å². The minimum absolute atomic E-state index is 0.0369. The van der Waals surface area contributed by atoms with E-state index in [0.29, 0.717) is 24.5 Å². The van der Waals surface area contributed by atoms with Crippen molar-refractivity contribution in [1.82, 2.24) is 19.6 Å². The van der Waals surface area contributed by atoms with Gasteiger partial charge in [-0.3, -0.25) is 0 Å². The topological polar surface area (TPSA) is 66.5 Å². The van der Waals surface area contributed by atoms with E-state index in [1.165, 1.54) is 0 Å². The van der Waals surface area contributed by atoms with Crippen LogP contribution in [0, 0.1) is 6.92 Å². The van der Waals surface area contributed by atoms with Gasteiger partial charge in [0.2, 0.25) is 0 Å². The highest BCUT2D eigenvalue weighted by atomic mass is 19.4. The van der Waals surface area contributed by atoms with Crippen molar-refractivity contribution >= 4 is 11.6 Å². The van der Waals surface area contributed by atoms with E-state index in [1.54, 1.807) is 13.0 Å². The highest BCUT2D eigenvalue weighted by Gasteiger charge is 2.37. The molecule has 0 fully saturated rings. The smallest absolute Gasteiger partial charge is 0.396 e. The molecule has 0 aliphatic carbocycles. The molecule has 3 aromatic rings. The van der Waals surface area contributed by atoms with E-state index in [9.17, 15) is 18.3 Å². The molecule has 0 saturated heterocycles. The van der Waals surface area contributed by atoms with Crippen LogP contribution in [-0.4, -0.2) is 37.3 Å². The van der Waals surface area contributed by atoms with Gasteiger partial charge in [-0.1, -0.05) is 30.3 Å². The van der Waals surface area contributed by atoms with Crippen molar-refractivity contribution in [3.8, 4) is 0 Å². The summed E-state index contributed by atoms with van der Waals surface area (Å²) in [6.45, 7) is 4.01. The second-order valence-corrected chi connectivity index (χ2v) is 6.38. The van der Waals surface area contributed by atoms with Gasteiger partial charge in [-0.2, -0.15) is 22.7 Å². The van der Waals surface area contributed by atoms with Crippen LogP contribution in [0.25, 0.3) is 5.78 Å². The van der Waals surface area contributed by atoms with Gasteiger partial charge in [-0.05, 0) is 25.8 Å². The third-order valence-electron chi connectivity index (χ3n) is 4.24. The molecule has 0 saturated carbocycles. The van der Waals surface area contributed by atoms with Crippen LogP contribution in [0.5, 0.6) is 0 Å². The summed E-state index contributed by atoms with van der Waals surface area (Å²) in [6, 6.07) is 11.1. The van der Waals surface area contributed by atoms with Crippen molar-refractivity contribution < 1.29 is 18.3 Å². The average Bonchev–Trinajstić information content (AvgIpc) is 3.04. The lowest BCUT2D eigenvalue weighted by Gasteiger charge is -2.31. The molecular weight excluding hydrogens is 359 g/mol. The first-order valence-electron chi connectivity index (χ1n) is 8.52. The Morgan fingerprint density at radius 2 is 1.89 bits per heavy atom. The van der Waals surface area contributed by atoms with Crippen LogP contribution in [-0.2, 0) is 12.7 Å². The number of nitrogens with zero attached hydrogens (tertiary/aromatic N) is 5. The third-order valence-corrected chi connectivity index (χ3v) is 4.24. The van der Waals surface area contributed by atoms with Crippen LogP contribution in [0.4, 0.5) is 19.0 Å². The molecule has 1 aromatic carbocycles. The molecule has 0 aliphatic rings. The van der Waals surface area contributed by atoms with Gasteiger partial charge in [0.15, 0.2) is 0 Å². The molecule has 3 rings (SSSR count). The second kappa shape index (κ2) is 7.51. The standard InChI is InChI=1S/C18H20F3N5O/c1-12-10-15(26-17(22-12)23-16(24-26)18(19,20)21)25(13(2)8-9-27)11-14-6-4-3-5-7-14/h3-7,10,13,27H,8-9,11H2,1-2H3/t13-/m1/s1. The van der Waals surface area contributed by atoms with Gasteiger partial charge in [0, 0.05) is 31.0 Å². The number of aryl methyl sites for hydroxylation is 1. The molecule has 9 heteroatoms. The summed E-state index contributed by atoms with van der Waals surface area (Å²) in [5.74, 6) is -0.881. The van der Waals surface area contributed by atoms with Crippen LogP contribution in [0.3, 0.4) is 0 Å². The van der Waals surface area contributed by atoms with Crippen LogP contribution in [0.1, 0.15) is 30.4 Å². The Morgan fingerprint density at radius 3 is 2.52 bits per heavy atom. The second-order valence-electron chi connectivity index (χ2n) is 6.38. The largest absolute Gasteiger partial charge is 0.453 e. The predicted octanol–water partition coefficient (Wildman–Crippen LogP) is 3.23. The van der Waals surface area contributed by atoms with Crippen molar-refractivity contribution in [3.63, 3.8) is 0 Å². The van der Waals surface area contributed by atoms with Crippen LogP contribution < -0.4 is 4.90 Å². The van der Waals surface area contributed by atoms with Crippen LogP contribution >= 0.6 is 0 Å². The molecule has 0 spiro atoms. The van der Waals surface area contributed by atoms with E-state index in [0.717, 1.165) is 10.1 Å². The van der Waals surface area contributed by atoms with E-state index in [4.69, 9.17) is 0 Å². The molecule has 0 unspecified atom stereocenters. The fraction of sp³-hybridized carbons (Fsp3) is 0.389. The van der Waals surface area contributed by atoms with Gasteiger partial charge < -0.3 is 10.0 Å². The van der Waals surface area contributed by atoms with Gasteiger partial charge in [0.25, 0.3) is 11.6 Å². The van der Waals surface area contributed by atoms with E-state index in [2.05, 4.69) is 15.1 Å². The molecule has 0 bridgehead atoms. The summed E-state index contributed by atoms with van der Waals surface area (Å²) in [5, 5.41) is 13.0. The van der Waals surface area contributed by atoms with Crippen molar-refractivity contribution in [2.75, 3.05) is 11.5 Å². The Balaban J connectivity index is 2.12. The fourth-order valence-corrected chi connectivity index (χ4v) is 2.88. The number of aliphatic hydroxyl groups is 1. The summed E-state index contributed by atoms with van der Waals surface area (Å²) in [7, 11) is 0. The minimum atomic E-state index is -4.65. The number of rotatable bonds is 6. The number of anilines is 1. The van der Waals surface area contributed by atoms with Gasteiger partial charge >= 0.3 is 6.18 Å². The molecule has 27 heavy (non-hydrogen) atoms. The number of aromatic nitrogens is 4. The first kappa shape index (κ1) is 19.1. The summed E-state index contributed by atoms with van der Waals surface area (Å²) in [6.07, 6.45) is -4.20. The molecule has 144 valence electrons. The molecule has 0 radical (unpaired) electrons. The number of halogens is 3. The van der Waals surface area contributed by atoms with Crippen molar-refractivity contribution in [3.05, 3.63) is 53.5 Å². The number of hydrogen-bond donors (Lipinski definition) is 1. The summed E-state index contributed by atoms with van der Waals surface area (Å²) in [5.41, 5.74) is 1.52. The fourth-order valence-electron chi connectivity index (χ4n) is 2.88. The molecular formula is C18H20F3N5O. The maximum atomic E-state index is 13.1. The predicted molar refractivity (Wildman–Crippen MR) is 94.3 cm³/mol. The Hall–Kier alpha value is -2.68. The van der Waals surface area contributed by atoms with Crippen molar-refractivity contribution in [1.29, 1.82) is 0 Å². The SMILES string of the molecule is Cc1cc(N(Cc2ccccc2)[C@H](C)CCO)n2nc(C(F)(F)F)nc2n1. The minimum Gasteiger partial charge on any atom is -0.396 e. The summed E-state index contributed by atoms with van der Waals surface area (Å²) in [4.78, 5) is 9.52. The van der Waals surface area contributed by atoms with E-state index in [-0.39, 0.29) is 18.4 Å². The normalized spacial score (nSPS) is 13.1. The third kappa shape index (κ3) is 4.19. The quantitative estimate of drug-likeness (QED) is 0.712. The summed E-state index contributed by atoms with van der Waals surface area (Å²) < 4.78 is 40.3. The zero-order valence-electron chi connectivity index (χ0n) is 15.0. The Labute approximate surface area is 154 Å². The molecule has 2 aromatic heterocycles. The first-order chi connectivity index (χ1) is 12.8.